The van der Waals surface area contributed by atoms with Gasteiger partial charge in [-0.25, -0.2) is 0 Å². The Kier molecular flexibility index (Phi) is 7.10. The lowest BCUT2D eigenvalue weighted by atomic mass is 10.2. The summed E-state index contributed by atoms with van der Waals surface area (Å²) in [5, 5.41) is 13.8. The Hall–Kier alpha value is -1.67. The highest BCUT2D eigenvalue weighted by Gasteiger charge is 2.19. The highest BCUT2D eigenvalue weighted by atomic mass is 79.9. The van der Waals surface area contributed by atoms with Crippen LogP contribution in [0.3, 0.4) is 0 Å². The highest BCUT2D eigenvalue weighted by Crippen LogP contribution is 2.30. The summed E-state index contributed by atoms with van der Waals surface area (Å²) in [5.41, 5.74) is -0.124. The minimum Gasteiger partial charge on any atom is -0.487 e. The maximum Gasteiger partial charge on any atom is 0.323 e. The molecule has 0 spiro atoms. The third-order valence-corrected chi connectivity index (χ3v) is 3.19. The maximum absolute atomic E-state index is 11.6. The van der Waals surface area contributed by atoms with E-state index in [4.69, 9.17) is 9.47 Å². The summed E-state index contributed by atoms with van der Waals surface area (Å²) < 4.78 is 10.9. The third-order valence-electron chi connectivity index (χ3n) is 2.70. The second-order valence-corrected chi connectivity index (χ2v) is 5.02. The number of carbonyl (C=O) groups is 1. The minimum atomic E-state index is -0.513. The monoisotopic (exact) mass is 360 g/mol. The van der Waals surface area contributed by atoms with Crippen LogP contribution in [0.5, 0.6) is 5.75 Å². The number of benzene rings is 1. The fraction of sp³-hybridized carbons (Fsp3) is 0.462. The lowest BCUT2D eigenvalue weighted by Crippen LogP contribution is -2.36. The van der Waals surface area contributed by atoms with Crippen molar-refractivity contribution in [3.05, 3.63) is 32.8 Å². The zero-order valence-electron chi connectivity index (χ0n) is 11.8. The maximum atomic E-state index is 11.6. The minimum absolute atomic E-state index is 0.124. The van der Waals surface area contributed by atoms with E-state index in [1.807, 2.05) is 0 Å². The Morgan fingerprint density at radius 2 is 2.24 bits per heavy atom. The number of hydrogen-bond donors (Lipinski definition) is 1. The predicted molar refractivity (Wildman–Crippen MR) is 80.4 cm³/mol. The smallest absolute Gasteiger partial charge is 0.323 e. The molecule has 0 amide bonds. The van der Waals surface area contributed by atoms with Crippen molar-refractivity contribution in [3.63, 3.8) is 0 Å². The van der Waals surface area contributed by atoms with E-state index in [9.17, 15) is 14.9 Å². The molecule has 0 fully saturated rings. The molecule has 0 aliphatic carbocycles. The molecule has 0 saturated heterocycles. The third kappa shape index (κ3) is 5.31. The van der Waals surface area contributed by atoms with Gasteiger partial charge in [-0.15, -0.1) is 0 Å². The number of likely N-dealkylation sites (N-methyl/N-ethyl adjacent to an activating group) is 1. The van der Waals surface area contributed by atoms with Crippen LogP contribution < -0.4 is 10.1 Å². The number of halogens is 1. The summed E-state index contributed by atoms with van der Waals surface area (Å²) >= 11 is 3.17. The Labute approximate surface area is 130 Å². The van der Waals surface area contributed by atoms with E-state index in [-0.39, 0.29) is 24.0 Å². The van der Waals surface area contributed by atoms with Gasteiger partial charge in [-0.05, 0) is 26.1 Å². The zero-order valence-corrected chi connectivity index (χ0v) is 13.4. The van der Waals surface area contributed by atoms with Crippen molar-refractivity contribution in [1.29, 1.82) is 0 Å². The lowest BCUT2D eigenvalue weighted by Gasteiger charge is -2.15. The topological polar surface area (TPSA) is 90.7 Å². The molecule has 0 aliphatic rings. The number of rotatable bonds is 8. The summed E-state index contributed by atoms with van der Waals surface area (Å²) in [6, 6.07) is 4.04. The Balaban J connectivity index is 2.63. The van der Waals surface area contributed by atoms with Crippen molar-refractivity contribution in [1.82, 2.24) is 5.32 Å². The van der Waals surface area contributed by atoms with Crippen LogP contribution in [0.4, 0.5) is 5.69 Å². The van der Waals surface area contributed by atoms with Gasteiger partial charge in [0.1, 0.15) is 6.04 Å². The molecular formula is C13H17BrN2O5. The molecule has 0 saturated carbocycles. The van der Waals surface area contributed by atoms with Crippen LogP contribution in [0.15, 0.2) is 22.7 Å². The number of carbonyl (C=O) groups excluding carboxylic acids is 1. The first-order valence-corrected chi connectivity index (χ1v) is 7.19. The van der Waals surface area contributed by atoms with Crippen LogP contribution in [0.1, 0.15) is 13.3 Å². The lowest BCUT2D eigenvalue weighted by molar-refractivity contribution is -0.385. The number of nitro benzene ring substituents is 1. The summed E-state index contributed by atoms with van der Waals surface area (Å²) in [4.78, 5) is 22.0. The van der Waals surface area contributed by atoms with Crippen LogP contribution >= 0.6 is 15.9 Å². The number of ether oxygens (including phenoxy) is 2. The Bertz CT molecular complexity index is 509. The van der Waals surface area contributed by atoms with Crippen LogP contribution in [0, 0.1) is 10.1 Å². The van der Waals surface area contributed by atoms with Crippen LogP contribution in [0.25, 0.3) is 0 Å². The molecule has 0 bridgehead atoms. The fourth-order valence-electron chi connectivity index (χ4n) is 1.66. The van der Waals surface area contributed by atoms with Crippen LogP contribution in [-0.2, 0) is 9.53 Å². The van der Waals surface area contributed by atoms with Crippen molar-refractivity contribution >= 4 is 27.6 Å². The van der Waals surface area contributed by atoms with Crippen LogP contribution in [-0.4, -0.2) is 37.2 Å². The molecule has 0 aromatic heterocycles. The number of nitrogens with zero attached hydrogens (tertiary/aromatic N) is 1. The second-order valence-electron chi connectivity index (χ2n) is 4.10. The summed E-state index contributed by atoms with van der Waals surface area (Å²) in [7, 11) is 1.64. The van der Waals surface area contributed by atoms with Gasteiger partial charge in [-0.2, -0.15) is 0 Å². The molecule has 1 rings (SSSR count). The Morgan fingerprint density at radius 3 is 2.81 bits per heavy atom. The number of esters is 1. The van der Waals surface area contributed by atoms with Gasteiger partial charge in [0.25, 0.3) is 0 Å². The molecule has 0 aliphatic heterocycles. The molecule has 7 nitrogen and oxygen atoms in total. The van der Waals surface area contributed by atoms with E-state index < -0.39 is 11.0 Å². The molecule has 8 heteroatoms. The standard InChI is InChI=1S/C13H17BrN2O5/c1-3-20-13(17)10(15-2)6-7-21-12-5-4-9(14)8-11(12)16(18)19/h4-5,8,10,15H,3,6-7H2,1-2H3. The van der Waals surface area contributed by atoms with Gasteiger partial charge in [0, 0.05) is 17.0 Å². The molecule has 21 heavy (non-hydrogen) atoms. The zero-order chi connectivity index (χ0) is 15.8. The number of nitrogens with one attached hydrogen (secondary N) is 1. The first-order valence-electron chi connectivity index (χ1n) is 6.40. The van der Waals surface area contributed by atoms with Gasteiger partial charge in [0.2, 0.25) is 0 Å². The average Bonchev–Trinajstić information content (AvgIpc) is 2.44. The van der Waals surface area contributed by atoms with E-state index in [1.54, 1.807) is 20.0 Å². The Morgan fingerprint density at radius 1 is 1.52 bits per heavy atom. The van der Waals surface area contributed by atoms with Gasteiger partial charge in [0.15, 0.2) is 5.75 Å². The molecule has 1 aromatic carbocycles. The van der Waals surface area contributed by atoms with E-state index in [0.717, 1.165) is 0 Å². The van der Waals surface area contributed by atoms with Crippen LogP contribution in [0.2, 0.25) is 0 Å². The molecule has 1 atom stereocenters. The van der Waals surface area contributed by atoms with Crippen molar-refractivity contribution in [2.75, 3.05) is 20.3 Å². The number of hydrogen-bond acceptors (Lipinski definition) is 6. The molecule has 1 unspecified atom stereocenters. The molecule has 1 aromatic rings. The van der Waals surface area contributed by atoms with Gasteiger partial charge >= 0.3 is 11.7 Å². The first-order chi connectivity index (χ1) is 9.99. The average molecular weight is 361 g/mol. The quantitative estimate of drug-likeness (QED) is 0.434. The van der Waals surface area contributed by atoms with E-state index in [0.29, 0.717) is 17.5 Å². The van der Waals surface area contributed by atoms with Crippen molar-refractivity contribution in [2.45, 2.75) is 19.4 Å². The predicted octanol–water partition coefficient (Wildman–Crippen LogP) is 2.28. The summed E-state index contributed by atoms with van der Waals surface area (Å²) in [6.07, 6.45) is 0.350. The summed E-state index contributed by atoms with van der Waals surface area (Å²) in [6.45, 7) is 2.19. The van der Waals surface area contributed by atoms with Crippen molar-refractivity contribution < 1.29 is 19.2 Å². The SMILES string of the molecule is CCOC(=O)C(CCOc1ccc(Br)cc1[N+](=O)[O-])NC. The first kappa shape index (κ1) is 17.4. The van der Waals surface area contributed by atoms with E-state index >= 15 is 0 Å². The van der Waals surface area contributed by atoms with Crippen molar-refractivity contribution in [3.8, 4) is 5.75 Å². The molecule has 116 valence electrons. The van der Waals surface area contributed by atoms with Gasteiger partial charge in [-0.3, -0.25) is 14.9 Å². The summed E-state index contributed by atoms with van der Waals surface area (Å²) in [5.74, 6) is -0.198. The number of nitro groups is 1. The fourth-order valence-corrected chi connectivity index (χ4v) is 2.01. The van der Waals surface area contributed by atoms with E-state index in [2.05, 4.69) is 21.2 Å². The van der Waals surface area contributed by atoms with Gasteiger partial charge in [0.05, 0.1) is 18.1 Å². The molecule has 0 heterocycles. The largest absolute Gasteiger partial charge is 0.487 e. The van der Waals surface area contributed by atoms with Gasteiger partial charge in [-0.1, -0.05) is 15.9 Å². The normalized spacial score (nSPS) is 11.8. The van der Waals surface area contributed by atoms with E-state index in [1.165, 1.54) is 12.1 Å². The molecule has 0 radical (unpaired) electrons. The highest BCUT2D eigenvalue weighted by molar-refractivity contribution is 9.10. The van der Waals surface area contributed by atoms with Gasteiger partial charge < -0.3 is 14.8 Å². The van der Waals surface area contributed by atoms with Crippen molar-refractivity contribution in [2.24, 2.45) is 0 Å². The molecular weight excluding hydrogens is 344 g/mol. The molecule has 1 N–H and O–H groups in total. The second kappa shape index (κ2) is 8.58.